The highest BCUT2D eigenvalue weighted by Crippen LogP contribution is 2.37. The number of nitrogens with zero attached hydrogens (tertiary/aromatic N) is 2. The van der Waals surface area contributed by atoms with Gasteiger partial charge in [0.05, 0.1) is 5.69 Å². The Kier molecular flexibility index (Phi) is 3.47. The van der Waals surface area contributed by atoms with E-state index in [0.717, 1.165) is 49.7 Å². The van der Waals surface area contributed by atoms with E-state index in [4.69, 9.17) is 4.42 Å². The van der Waals surface area contributed by atoms with Crippen molar-refractivity contribution < 1.29 is 4.42 Å². The van der Waals surface area contributed by atoms with Crippen molar-refractivity contribution >= 4 is 32.8 Å². The monoisotopic (exact) mass is 372 g/mol. The van der Waals surface area contributed by atoms with E-state index in [2.05, 4.69) is 52.4 Å². The summed E-state index contributed by atoms with van der Waals surface area (Å²) in [5.41, 5.74) is 6.70. The van der Waals surface area contributed by atoms with Gasteiger partial charge >= 0.3 is 0 Å². The molecule has 3 nitrogen and oxygen atoms in total. The van der Waals surface area contributed by atoms with Crippen LogP contribution in [0.1, 0.15) is 0 Å². The fraction of sp³-hybridized carbons (Fsp3) is 0. The van der Waals surface area contributed by atoms with Crippen LogP contribution in [0.3, 0.4) is 0 Å². The van der Waals surface area contributed by atoms with Gasteiger partial charge in [0.1, 0.15) is 11.1 Å². The van der Waals surface area contributed by atoms with Gasteiger partial charge in [-0.2, -0.15) is 0 Å². The lowest BCUT2D eigenvalue weighted by Crippen LogP contribution is -1.86. The largest absolute Gasteiger partial charge is 0.453 e. The minimum atomic E-state index is 0.823. The molecule has 0 bridgehead atoms. The molecule has 3 aromatic carbocycles. The summed E-state index contributed by atoms with van der Waals surface area (Å²) in [6, 6.07) is 28.8. The van der Waals surface area contributed by atoms with Crippen molar-refractivity contribution in [1.82, 2.24) is 9.97 Å². The van der Waals surface area contributed by atoms with Gasteiger partial charge in [-0.25, -0.2) is 0 Å². The number of furan rings is 1. The molecule has 3 heterocycles. The second-order valence-electron chi connectivity index (χ2n) is 7.10. The maximum Gasteiger partial charge on any atom is 0.161 e. The molecule has 0 saturated carbocycles. The molecule has 0 spiro atoms. The molecule has 0 aliphatic carbocycles. The zero-order valence-electron chi connectivity index (χ0n) is 15.5. The molecule has 3 aromatic heterocycles. The fourth-order valence-electron chi connectivity index (χ4n) is 3.96. The predicted octanol–water partition coefficient (Wildman–Crippen LogP) is 6.86. The Bertz CT molecular complexity index is 1500. The summed E-state index contributed by atoms with van der Waals surface area (Å²) >= 11 is 0. The summed E-state index contributed by atoms with van der Waals surface area (Å²) < 4.78 is 6.39. The van der Waals surface area contributed by atoms with E-state index in [0.29, 0.717) is 0 Å². The Morgan fingerprint density at radius 1 is 0.621 bits per heavy atom. The molecule has 0 amide bonds. The normalized spacial score (nSPS) is 11.4. The predicted molar refractivity (Wildman–Crippen MR) is 118 cm³/mol. The molecule has 6 aromatic rings. The van der Waals surface area contributed by atoms with Gasteiger partial charge in [0, 0.05) is 34.1 Å². The van der Waals surface area contributed by atoms with Crippen molar-refractivity contribution in [2.24, 2.45) is 0 Å². The van der Waals surface area contributed by atoms with Gasteiger partial charge in [0.15, 0.2) is 5.58 Å². The summed E-state index contributed by atoms with van der Waals surface area (Å²) in [7, 11) is 0. The summed E-state index contributed by atoms with van der Waals surface area (Å²) in [6.07, 6.45) is 3.76. The van der Waals surface area contributed by atoms with Gasteiger partial charge in [-0.3, -0.25) is 9.97 Å². The van der Waals surface area contributed by atoms with Gasteiger partial charge < -0.3 is 4.42 Å². The molecule has 0 radical (unpaired) electrons. The smallest absolute Gasteiger partial charge is 0.161 e. The third-order valence-electron chi connectivity index (χ3n) is 5.37. The maximum atomic E-state index is 6.39. The first-order valence-electron chi connectivity index (χ1n) is 9.59. The van der Waals surface area contributed by atoms with Gasteiger partial charge in [-0.15, -0.1) is 0 Å². The molecule has 0 N–H and O–H groups in total. The van der Waals surface area contributed by atoms with Gasteiger partial charge in [-0.1, -0.05) is 60.7 Å². The first-order chi connectivity index (χ1) is 14.4. The fourth-order valence-corrected chi connectivity index (χ4v) is 3.96. The highest BCUT2D eigenvalue weighted by Gasteiger charge is 2.16. The van der Waals surface area contributed by atoms with E-state index in [1.54, 1.807) is 0 Å². The Labute approximate surface area is 167 Å². The number of aromatic nitrogens is 2. The quantitative estimate of drug-likeness (QED) is 0.333. The summed E-state index contributed by atoms with van der Waals surface area (Å²) in [6.45, 7) is 0. The lowest BCUT2D eigenvalue weighted by Gasteiger charge is -2.05. The van der Waals surface area contributed by atoms with Crippen molar-refractivity contribution in [2.45, 2.75) is 0 Å². The molecule has 6 rings (SSSR count). The lowest BCUT2D eigenvalue weighted by molar-refractivity contribution is 0.673. The number of fused-ring (bicyclic) bond motifs is 5. The van der Waals surface area contributed by atoms with Crippen molar-refractivity contribution in [2.75, 3.05) is 0 Å². The molecule has 0 saturated heterocycles. The van der Waals surface area contributed by atoms with E-state index in [-0.39, 0.29) is 0 Å². The summed E-state index contributed by atoms with van der Waals surface area (Å²) in [5, 5.41) is 3.16. The van der Waals surface area contributed by atoms with Crippen LogP contribution in [0.5, 0.6) is 0 Å². The van der Waals surface area contributed by atoms with Gasteiger partial charge in [0.25, 0.3) is 0 Å². The molecule has 0 fully saturated rings. The molecule has 3 heteroatoms. The molecule has 0 aliphatic rings. The molecule has 0 aliphatic heterocycles. The number of pyridine rings is 2. The van der Waals surface area contributed by atoms with Crippen molar-refractivity contribution in [3.05, 3.63) is 97.3 Å². The van der Waals surface area contributed by atoms with Crippen LogP contribution in [0.4, 0.5) is 0 Å². The van der Waals surface area contributed by atoms with E-state index in [1.165, 1.54) is 5.56 Å². The van der Waals surface area contributed by atoms with Crippen molar-refractivity contribution in [3.63, 3.8) is 0 Å². The van der Waals surface area contributed by atoms with E-state index >= 15 is 0 Å². The Balaban J connectivity index is 1.62. The summed E-state index contributed by atoms with van der Waals surface area (Å²) in [4.78, 5) is 9.32. The average molecular weight is 372 g/mol. The van der Waals surface area contributed by atoms with Crippen LogP contribution in [0.15, 0.2) is 102 Å². The zero-order valence-corrected chi connectivity index (χ0v) is 15.5. The first kappa shape index (κ1) is 16.0. The average Bonchev–Trinajstić information content (AvgIpc) is 3.19. The Hall–Kier alpha value is -3.98. The number of hydrogen-bond donors (Lipinski definition) is 0. The van der Waals surface area contributed by atoms with E-state index < -0.39 is 0 Å². The minimum absolute atomic E-state index is 0.823. The second kappa shape index (κ2) is 6.28. The van der Waals surface area contributed by atoms with Crippen LogP contribution in [0.2, 0.25) is 0 Å². The molecule has 136 valence electrons. The van der Waals surface area contributed by atoms with Crippen molar-refractivity contribution in [3.8, 4) is 22.4 Å². The molecular formula is C26H16N2O. The zero-order chi connectivity index (χ0) is 19.2. The molecule has 0 unspecified atom stereocenters. The topological polar surface area (TPSA) is 38.9 Å². The number of para-hydroxylation sites is 1. The third kappa shape index (κ3) is 2.52. The van der Waals surface area contributed by atoms with Crippen LogP contribution >= 0.6 is 0 Å². The van der Waals surface area contributed by atoms with Gasteiger partial charge in [0.2, 0.25) is 0 Å². The van der Waals surface area contributed by atoms with E-state index in [1.807, 2.05) is 54.9 Å². The third-order valence-corrected chi connectivity index (χ3v) is 5.37. The molecular weight excluding hydrogens is 356 g/mol. The van der Waals surface area contributed by atoms with Crippen LogP contribution in [-0.2, 0) is 0 Å². The standard InChI is InChI=1S/C26H16N2O/c1-2-7-17(8-3-1)18-13-14-27-23(15-18)21-11-6-12-22-24-26(29-25(21)22)20-10-5-4-9-19(20)16-28-24/h1-16H. The summed E-state index contributed by atoms with van der Waals surface area (Å²) in [5.74, 6) is 0. The number of rotatable bonds is 2. The number of hydrogen-bond acceptors (Lipinski definition) is 3. The van der Waals surface area contributed by atoms with Crippen LogP contribution in [-0.4, -0.2) is 9.97 Å². The van der Waals surface area contributed by atoms with Crippen LogP contribution in [0, 0.1) is 0 Å². The Morgan fingerprint density at radius 3 is 2.38 bits per heavy atom. The maximum absolute atomic E-state index is 6.39. The highest BCUT2D eigenvalue weighted by atomic mass is 16.3. The second-order valence-corrected chi connectivity index (χ2v) is 7.10. The SMILES string of the molecule is c1ccc(-c2ccnc(-c3cccc4c3oc3c5ccccc5cnc43)c2)cc1. The van der Waals surface area contributed by atoms with Crippen LogP contribution < -0.4 is 0 Å². The first-order valence-corrected chi connectivity index (χ1v) is 9.59. The minimum Gasteiger partial charge on any atom is -0.453 e. The van der Waals surface area contributed by atoms with Gasteiger partial charge in [-0.05, 0) is 35.4 Å². The molecule has 29 heavy (non-hydrogen) atoms. The van der Waals surface area contributed by atoms with E-state index in [9.17, 15) is 0 Å². The lowest BCUT2D eigenvalue weighted by atomic mass is 10.0. The Morgan fingerprint density at radius 2 is 1.45 bits per heavy atom. The number of benzene rings is 3. The van der Waals surface area contributed by atoms with Crippen molar-refractivity contribution in [1.29, 1.82) is 0 Å². The van der Waals surface area contributed by atoms with Crippen LogP contribution in [0.25, 0.3) is 55.2 Å². The molecule has 0 atom stereocenters. The highest BCUT2D eigenvalue weighted by molar-refractivity contribution is 6.14.